The first-order valence-corrected chi connectivity index (χ1v) is 8.53. The molecule has 1 aromatic carbocycles. The quantitative estimate of drug-likeness (QED) is 0.810. The van der Waals surface area contributed by atoms with Gasteiger partial charge in [-0.1, -0.05) is 11.6 Å². The van der Waals surface area contributed by atoms with Gasteiger partial charge in [0, 0.05) is 12.1 Å². The molecule has 2 heterocycles. The fourth-order valence-corrected chi connectivity index (χ4v) is 2.97. The predicted molar refractivity (Wildman–Crippen MR) is 95.9 cm³/mol. The number of benzene rings is 1. The molecule has 0 spiro atoms. The molecule has 1 aromatic heterocycles. The molecular weight excluding hydrogens is 342 g/mol. The average molecular weight is 364 g/mol. The normalized spacial score (nSPS) is 14.2. The van der Waals surface area contributed by atoms with E-state index in [0.29, 0.717) is 30.4 Å². The Bertz CT molecular complexity index is 795. The van der Waals surface area contributed by atoms with Crippen molar-refractivity contribution in [2.24, 2.45) is 0 Å². The second-order valence-corrected chi connectivity index (χ2v) is 7.40. The van der Waals surface area contributed by atoms with Gasteiger partial charge in [0.1, 0.15) is 11.4 Å². The molecule has 0 N–H and O–H groups in total. The van der Waals surface area contributed by atoms with E-state index in [0.717, 1.165) is 17.0 Å². The van der Waals surface area contributed by atoms with Crippen LogP contribution in [0.4, 0.5) is 4.79 Å². The van der Waals surface area contributed by atoms with Gasteiger partial charge < -0.3 is 14.4 Å². The van der Waals surface area contributed by atoms with Gasteiger partial charge in [-0.25, -0.2) is 4.79 Å². The van der Waals surface area contributed by atoms with Crippen LogP contribution in [-0.2, 0) is 17.8 Å². The van der Waals surface area contributed by atoms with Crippen LogP contribution < -0.4 is 4.74 Å². The molecule has 3 rings (SSSR count). The Labute approximate surface area is 152 Å². The fraction of sp³-hybridized carbons (Fsp3) is 0.444. The zero-order valence-electron chi connectivity index (χ0n) is 14.9. The molecule has 0 bridgehead atoms. The summed E-state index contributed by atoms with van der Waals surface area (Å²) in [6, 6.07) is 7.56. The van der Waals surface area contributed by atoms with Crippen molar-refractivity contribution >= 4 is 17.7 Å². The minimum absolute atomic E-state index is 0.297. The summed E-state index contributed by atoms with van der Waals surface area (Å²) in [4.78, 5) is 14.0. The molecule has 0 unspecified atom stereocenters. The van der Waals surface area contributed by atoms with Crippen molar-refractivity contribution in [3.05, 3.63) is 35.0 Å². The van der Waals surface area contributed by atoms with Gasteiger partial charge in [-0.15, -0.1) is 0 Å². The van der Waals surface area contributed by atoms with Gasteiger partial charge in [0.15, 0.2) is 0 Å². The van der Waals surface area contributed by atoms with Crippen molar-refractivity contribution in [2.45, 2.75) is 39.5 Å². The van der Waals surface area contributed by atoms with Gasteiger partial charge in [0.05, 0.1) is 36.6 Å². The maximum atomic E-state index is 12.3. The second kappa shape index (κ2) is 6.59. The van der Waals surface area contributed by atoms with Crippen LogP contribution >= 0.6 is 11.6 Å². The molecule has 1 aliphatic heterocycles. The van der Waals surface area contributed by atoms with Crippen LogP contribution in [-0.4, -0.2) is 40.0 Å². The van der Waals surface area contributed by atoms with Crippen LogP contribution in [0.1, 0.15) is 26.5 Å². The molecule has 0 fully saturated rings. The molecule has 7 heteroatoms. The first-order chi connectivity index (χ1) is 11.8. The lowest BCUT2D eigenvalue weighted by molar-refractivity contribution is 0.0194. The lowest BCUT2D eigenvalue weighted by atomic mass is 10.1. The first-order valence-electron chi connectivity index (χ1n) is 8.15. The van der Waals surface area contributed by atoms with Crippen molar-refractivity contribution < 1.29 is 14.3 Å². The number of amides is 1. The Balaban J connectivity index is 1.79. The number of carbonyl (C=O) groups excluding carboxylic acids is 1. The molecule has 134 valence electrons. The second-order valence-electron chi connectivity index (χ2n) is 7.00. The third-order valence-electron chi connectivity index (χ3n) is 3.90. The molecule has 0 radical (unpaired) electrons. The van der Waals surface area contributed by atoms with Crippen LogP contribution in [0.5, 0.6) is 5.75 Å². The summed E-state index contributed by atoms with van der Waals surface area (Å²) in [6.45, 7) is 7.29. The molecule has 0 atom stereocenters. The number of hydrogen-bond donors (Lipinski definition) is 0. The van der Waals surface area contributed by atoms with Gasteiger partial charge in [0.25, 0.3) is 0 Å². The molecule has 0 saturated carbocycles. The Hall–Kier alpha value is -2.21. The molecule has 6 nitrogen and oxygen atoms in total. The monoisotopic (exact) mass is 363 g/mol. The highest BCUT2D eigenvalue weighted by atomic mass is 35.5. The van der Waals surface area contributed by atoms with Crippen molar-refractivity contribution in [3.8, 4) is 17.0 Å². The molecule has 2 aromatic rings. The summed E-state index contributed by atoms with van der Waals surface area (Å²) in [7, 11) is 1.58. The maximum absolute atomic E-state index is 12.3. The zero-order chi connectivity index (χ0) is 18.2. The highest BCUT2D eigenvalue weighted by molar-refractivity contribution is 6.32. The summed E-state index contributed by atoms with van der Waals surface area (Å²) in [5, 5.41) is 5.17. The lowest BCUT2D eigenvalue weighted by Gasteiger charge is -2.30. The number of halogens is 1. The molecular formula is C18H22ClN3O3. The van der Waals surface area contributed by atoms with Crippen LogP contribution in [0.2, 0.25) is 5.02 Å². The molecule has 25 heavy (non-hydrogen) atoms. The standard InChI is InChI=1S/C18H22ClN3O3/c1-18(2,3)25-17(23)21-7-8-22-13(11-21)10-15(20-22)12-5-6-16(24-4)14(19)9-12/h5-6,9-10H,7-8,11H2,1-4H3. The largest absolute Gasteiger partial charge is 0.495 e. The van der Waals surface area contributed by atoms with Crippen LogP contribution in [0, 0.1) is 0 Å². The van der Waals surface area contributed by atoms with E-state index >= 15 is 0 Å². The summed E-state index contributed by atoms with van der Waals surface area (Å²) in [5.41, 5.74) is 2.21. The highest BCUT2D eigenvalue weighted by Crippen LogP contribution is 2.30. The number of ether oxygens (including phenoxy) is 2. The lowest BCUT2D eigenvalue weighted by Crippen LogP contribution is -2.41. The van der Waals surface area contributed by atoms with Crippen LogP contribution in [0.15, 0.2) is 24.3 Å². The van der Waals surface area contributed by atoms with E-state index in [4.69, 9.17) is 21.1 Å². The van der Waals surface area contributed by atoms with Gasteiger partial charge in [-0.3, -0.25) is 4.68 Å². The summed E-state index contributed by atoms with van der Waals surface area (Å²) < 4.78 is 12.6. The number of aromatic nitrogens is 2. The van der Waals surface area contributed by atoms with Crippen molar-refractivity contribution in [3.63, 3.8) is 0 Å². The first kappa shape index (κ1) is 17.6. The van der Waals surface area contributed by atoms with Gasteiger partial charge in [0.2, 0.25) is 0 Å². The van der Waals surface area contributed by atoms with Gasteiger partial charge in [-0.2, -0.15) is 5.10 Å². The average Bonchev–Trinajstić information content (AvgIpc) is 2.96. The zero-order valence-corrected chi connectivity index (χ0v) is 15.6. The maximum Gasteiger partial charge on any atom is 0.410 e. The van der Waals surface area contributed by atoms with E-state index in [-0.39, 0.29) is 6.09 Å². The van der Waals surface area contributed by atoms with Crippen molar-refractivity contribution in [2.75, 3.05) is 13.7 Å². The number of fused-ring (bicyclic) bond motifs is 1. The number of methoxy groups -OCH3 is 1. The highest BCUT2D eigenvalue weighted by Gasteiger charge is 2.26. The summed E-state index contributed by atoms with van der Waals surface area (Å²) >= 11 is 6.20. The Morgan fingerprint density at radius 1 is 1.24 bits per heavy atom. The fourth-order valence-electron chi connectivity index (χ4n) is 2.72. The number of nitrogens with zero attached hydrogens (tertiary/aromatic N) is 3. The van der Waals surface area contributed by atoms with Crippen LogP contribution in [0.3, 0.4) is 0 Å². The minimum atomic E-state index is -0.500. The Morgan fingerprint density at radius 2 is 2.00 bits per heavy atom. The SMILES string of the molecule is COc1ccc(-c2cc3n(n2)CCN(C(=O)OC(C)(C)C)C3)cc1Cl. The molecule has 1 amide bonds. The Morgan fingerprint density at radius 3 is 2.64 bits per heavy atom. The summed E-state index contributed by atoms with van der Waals surface area (Å²) in [6.07, 6.45) is -0.297. The minimum Gasteiger partial charge on any atom is -0.495 e. The van der Waals surface area contributed by atoms with Crippen LogP contribution in [0.25, 0.3) is 11.3 Å². The third kappa shape index (κ3) is 3.90. The number of hydrogen-bond acceptors (Lipinski definition) is 4. The number of carbonyl (C=O) groups is 1. The summed E-state index contributed by atoms with van der Waals surface area (Å²) in [5.74, 6) is 0.630. The van der Waals surface area contributed by atoms with E-state index < -0.39 is 5.60 Å². The molecule has 1 aliphatic rings. The molecule has 0 saturated heterocycles. The van der Waals surface area contributed by atoms with E-state index in [2.05, 4.69) is 5.10 Å². The topological polar surface area (TPSA) is 56.6 Å². The van der Waals surface area contributed by atoms with E-state index in [1.54, 1.807) is 12.0 Å². The van der Waals surface area contributed by atoms with Crippen molar-refractivity contribution in [1.29, 1.82) is 0 Å². The number of rotatable bonds is 2. The van der Waals surface area contributed by atoms with Gasteiger partial charge >= 0.3 is 6.09 Å². The van der Waals surface area contributed by atoms with E-state index in [9.17, 15) is 4.79 Å². The smallest absolute Gasteiger partial charge is 0.410 e. The van der Waals surface area contributed by atoms with Gasteiger partial charge in [-0.05, 0) is 45.0 Å². The van der Waals surface area contributed by atoms with E-state index in [1.165, 1.54) is 0 Å². The Kier molecular flexibility index (Phi) is 4.64. The van der Waals surface area contributed by atoms with E-state index in [1.807, 2.05) is 49.7 Å². The van der Waals surface area contributed by atoms with Crippen molar-refractivity contribution in [1.82, 2.24) is 14.7 Å². The molecule has 0 aliphatic carbocycles. The predicted octanol–water partition coefficient (Wildman–Crippen LogP) is 3.96. The third-order valence-corrected chi connectivity index (χ3v) is 4.19.